The first kappa shape index (κ1) is 14.0. The number of anilines is 1. The van der Waals surface area contributed by atoms with E-state index in [0.29, 0.717) is 26.2 Å². The molecule has 2 atom stereocenters. The number of carbonyl (C=O) groups is 2. The first-order valence-corrected chi connectivity index (χ1v) is 6.95. The second-order valence-electron chi connectivity index (χ2n) is 5.89. The topological polar surface area (TPSA) is 92.9 Å². The van der Waals surface area contributed by atoms with Crippen molar-refractivity contribution < 1.29 is 19.4 Å². The fourth-order valence-corrected chi connectivity index (χ4v) is 2.96. The number of carboxylic acids is 1. The third-order valence-corrected chi connectivity index (χ3v) is 4.47. The standard InChI is InChI=1S/C15H18N2O4/c1-15(8-21-7-12(15)16)14(20)17-5-4-9-6-10(13(18)19)2-3-11(9)17/h2-3,6,12H,4-5,7-8,16H2,1H3,(H,18,19). The molecule has 21 heavy (non-hydrogen) atoms. The van der Waals surface area contributed by atoms with Gasteiger partial charge in [0.25, 0.3) is 0 Å². The molecule has 0 spiro atoms. The molecule has 6 nitrogen and oxygen atoms in total. The zero-order valence-corrected chi connectivity index (χ0v) is 11.8. The van der Waals surface area contributed by atoms with E-state index in [9.17, 15) is 9.59 Å². The van der Waals surface area contributed by atoms with Crippen LogP contribution in [0.15, 0.2) is 18.2 Å². The van der Waals surface area contributed by atoms with Gasteiger partial charge in [0, 0.05) is 18.3 Å². The lowest BCUT2D eigenvalue weighted by Gasteiger charge is -2.31. The van der Waals surface area contributed by atoms with E-state index in [4.69, 9.17) is 15.6 Å². The molecule has 2 heterocycles. The number of fused-ring (bicyclic) bond motifs is 1. The van der Waals surface area contributed by atoms with Crippen molar-refractivity contribution in [2.24, 2.45) is 11.1 Å². The third kappa shape index (κ3) is 2.11. The van der Waals surface area contributed by atoms with E-state index >= 15 is 0 Å². The molecule has 2 aliphatic rings. The smallest absolute Gasteiger partial charge is 0.335 e. The van der Waals surface area contributed by atoms with Crippen LogP contribution in [0, 0.1) is 5.41 Å². The van der Waals surface area contributed by atoms with Crippen LogP contribution in [0.2, 0.25) is 0 Å². The van der Waals surface area contributed by atoms with Crippen LogP contribution in [0.25, 0.3) is 0 Å². The Bertz CT molecular complexity index is 616. The van der Waals surface area contributed by atoms with Gasteiger partial charge in [-0.2, -0.15) is 0 Å². The maximum Gasteiger partial charge on any atom is 0.335 e. The number of hydrogen-bond donors (Lipinski definition) is 2. The summed E-state index contributed by atoms with van der Waals surface area (Å²) in [5.41, 5.74) is 7.22. The summed E-state index contributed by atoms with van der Waals surface area (Å²) < 4.78 is 5.34. The Balaban J connectivity index is 1.91. The molecular weight excluding hydrogens is 272 g/mol. The number of amides is 1. The van der Waals surface area contributed by atoms with Crippen molar-refractivity contribution in [1.29, 1.82) is 0 Å². The zero-order chi connectivity index (χ0) is 15.2. The molecule has 1 fully saturated rings. The van der Waals surface area contributed by atoms with Crippen LogP contribution < -0.4 is 10.6 Å². The average Bonchev–Trinajstić information content (AvgIpc) is 3.02. The molecule has 1 aromatic rings. The Labute approximate surface area is 122 Å². The molecule has 0 bridgehead atoms. The predicted octanol–water partition coefficient (Wildman–Crippen LogP) is 0.638. The number of nitrogens with two attached hydrogens (primary N) is 1. The van der Waals surface area contributed by atoms with Gasteiger partial charge in [-0.3, -0.25) is 4.79 Å². The van der Waals surface area contributed by atoms with Gasteiger partial charge in [-0.15, -0.1) is 0 Å². The first-order valence-electron chi connectivity index (χ1n) is 6.95. The summed E-state index contributed by atoms with van der Waals surface area (Å²) in [4.78, 5) is 25.5. The van der Waals surface area contributed by atoms with Gasteiger partial charge in [-0.05, 0) is 37.1 Å². The van der Waals surface area contributed by atoms with Gasteiger partial charge >= 0.3 is 5.97 Å². The Morgan fingerprint density at radius 2 is 2.24 bits per heavy atom. The molecule has 2 unspecified atom stereocenters. The maximum absolute atomic E-state index is 12.8. The number of hydrogen-bond acceptors (Lipinski definition) is 4. The lowest BCUT2D eigenvalue weighted by atomic mass is 9.84. The SMILES string of the molecule is CC1(C(=O)N2CCc3cc(C(=O)O)ccc32)COCC1N. The van der Waals surface area contributed by atoms with Gasteiger partial charge in [-0.25, -0.2) is 4.79 Å². The summed E-state index contributed by atoms with van der Waals surface area (Å²) in [5, 5.41) is 9.03. The molecule has 2 aliphatic heterocycles. The summed E-state index contributed by atoms with van der Waals surface area (Å²) in [6.07, 6.45) is 0.661. The highest BCUT2D eigenvalue weighted by Crippen LogP contribution is 2.36. The van der Waals surface area contributed by atoms with E-state index in [1.54, 1.807) is 17.0 Å². The summed E-state index contributed by atoms with van der Waals surface area (Å²) in [6.45, 7) is 3.10. The van der Waals surface area contributed by atoms with Crippen molar-refractivity contribution >= 4 is 17.6 Å². The van der Waals surface area contributed by atoms with E-state index in [1.807, 2.05) is 6.92 Å². The summed E-state index contributed by atoms with van der Waals surface area (Å²) in [7, 11) is 0. The number of carboxylic acid groups (broad SMARTS) is 1. The van der Waals surface area contributed by atoms with Gasteiger partial charge in [0.15, 0.2) is 0 Å². The number of nitrogens with zero attached hydrogens (tertiary/aromatic N) is 1. The summed E-state index contributed by atoms with van der Waals surface area (Å²) in [6, 6.07) is 4.56. The molecular formula is C15H18N2O4. The van der Waals surface area contributed by atoms with E-state index in [1.165, 1.54) is 6.07 Å². The van der Waals surface area contributed by atoms with Gasteiger partial charge in [-0.1, -0.05) is 0 Å². The highest BCUT2D eigenvalue weighted by molar-refractivity contribution is 6.00. The first-order chi connectivity index (χ1) is 9.93. The van der Waals surface area contributed by atoms with Crippen LogP contribution in [0.4, 0.5) is 5.69 Å². The minimum Gasteiger partial charge on any atom is -0.478 e. The second-order valence-corrected chi connectivity index (χ2v) is 5.89. The Kier molecular flexibility index (Phi) is 3.22. The molecule has 3 N–H and O–H groups in total. The summed E-state index contributed by atoms with van der Waals surface area (Å²) >= 11 is 0. The molecule has 3 rings (SSSR count). The Morgan fingerprint density at radius 3 is 2.86 bits per heavy atom. The quantitative estimate of drug-likeness (QED) is 0.833. The molecule has 0 aliphatic carbocycles. The largest absolute Gasteiger partial charge is 0.478 e. The van der Waals surface area contributed by atoms with Gasteiger partial charge in [0.05, 0.1) is 24.2 Å². The lowest BCUT2D eigenvalue weighted by Crippen LogP contribution is -2.51. The fourth-order valence-electron chi connectivity index (χ4n) is 2.96. The predicted molar refractivity (Wildman–Crippen MR) is 76.4 cm³/mol. The number of ether oxygens (including phenoxy) is 1. The molecule has 0 saturated carbocycles. The number of benzene rings is 1. The van der Waals surface area contributed by atoms with Crippen LogP contribution in [0.5, 0.6) is 0 Å². The second kappa shape index (κ2) is 4.82. The van der Waals surface area contributed by atoms with Crippen LogP contribution in [0.3, 0.4) is 0 Å². The van der Waals surface area contributed by atoms with Gasteiger partial charge < -0.3 is 20.5 Å². The van der Waals surface area contributed by atoms with Crippen molar-refractivity contribution in [3.05, 3.63) is 29.3 Å². The minimum absolute atomic E-state index is 0.0469. The van der Waals surface area contributed by atoms with Crippen LogP contribution in [-0.4, -0.2) is 42.8 Å². The van der Waals surface area contributed by atoms with Crippen molar-refractivity contribution in [1.82, 2.24) is 0 Å². The van der Waals surface area contributed by atoms with Gasteiger partial charge in [0.1, 0.15) is 0 Å². The highest BCUT2D eigenvalue weighted by atomic mass is 16.5. The molecule has 0 radical (unpaired) electrons. The molecule has 0 aromatic heterocycles. The average molecular weight is 290 g/mol. The van der Waals surface area contributed by atoms with Crippen molar-refractivity contribution in [2.45, 2.75) is 19.4 Å². The van der Waals surface area contributed by atoms with Crippen LogP contribution in [0.1, 0.15) is 22.8 Å². The van der Waals surface area contributed by atoms with Crippen molar-refractivity contribution in [3.8, 4) is 0 Å². The summed E-state index contributed by atoms with van der Waals surface area (Å²) in [5.74, 6) is -1.00. The van der Waals surface area contributed by atoms with Gasteiger partial charge in [0.2, 0.25) is 5.91 Å². The molecule has 112 valence electrons. The van der Waals surface area contributed by atoms with E-state index in [-0.39, 0.29) is 17.5 Å². The number of rotatable bonds is 2. The Morgan fingerprint density at radius 1 is 1.48 bits per heavy atom. The van der Waals surface area contributed by atoms with Crippen LogP contribution >= 0.6 is 0 Å². The highest BCUT2D eigenvalue weighted by Gasteiger charge is 2.47. The number of carbonyl (C=O) groups excluding carboxylic acids is 1. The van der Waals surface area contributed by atoms with E-state index in [2.05, 4.69) is 0 Å². The lowest BCUT2D eigenvalue weighted by molar-refractivity contribution is -0.127. The molecule has 1 amide bonds. The molecule has 1 aromatic carbocycles. The van der Waals surface area contributed by atoms with Crippen molar-refractivity contribution in [2.75, 3.05) is 24.7 Å². The molecule has 1 saturated heterocycles. The minimum atomic E-state index is -0.958. The zero-order valence-electron chi connectivity index (χ0n) is 11.8. The maximum atomic E-state index is 12.8. The normalized spacial score (nSPS) is 27.7. The Hall–Kier alpha value is -1.92. The van der Waals surface area contributed by atoms with E-state index in [0.717, 1.165) is 11.3 Å². The third-order valence-electron chi connectivity index (χ3n) is 4.47. The van der Waals surface area contributed by atoms with Crippen LogP contribution in [-0.2, 0) is 16.0 Å². The fraction of sp³-hybridized carbons (Fsp3) is 0.467. The van der Waals surface area contributed by atoms with Crippen molar-refractivity contribution in [3.63, 3.8) is 0 Å². The van der Waals surface area contributed by atoms with E-state index < -0.39 is 11.4 Å². The monoisotopic (exact) mass is 290 g/mol. The number of aromatic carboxylic acids is 1. The molecule has 6 heteroatoms.